The first kappa shape index (κ1) is 42.3. The van der Waals surface area contributed by atoms with Crippen LogP contribution < -0.4 is 10.6 Å². The minimum absolute atomic E-state index is 0.257. The zero-order chi connectivity index (χ0) is 48.8. The number of hydrogen-bond donors (Lipinski definition) is 3. The van der Waals surface area contributed by atoms with E-state index in [1.807, 2.05) is 73.7 Å². The summed E-state index contributed by atoms with van der Waals surface area (Å²) in [6.07, 6.45) is 0. The highest BCUT2D eigenvalue weighted by Crippen LogP contribution is 2.37. The molecule has 13 aromatic rings. The molecule has 0 aliphatic rings. The number of nitrogens with zero attached hydrogens (tertiary/aromatic N) is 6. The molecule has 0 bridgehead atoms. The summed E-state index contributed by atoms with van der Waals surface area (Å²) in [7, 11) is 0. The quantitative estimate of drug-likeness (QED) is 0.127. The maximum absolute atomic E-state index is 13.6. The van der Waals surface area contributed by atoms with Crippen LogP contribution in [-0.4, -0.2) is 46.6 Å². The summed E-state index contributed by atoms with van der Waals surface area (Å²) in [5.74, 6) is 8.14. The molecule has 13 rings (SSSR count). The Labute approximate surface area is 406 Å². The van der Waals surface area contributed by atoms with Gasteiger partial charge in [0.2, 0.25) is 29.5 Å². The molecule has 0 radical (unpaired) electrons. The Morgan fingerprint density at radius 2 is 0.861 bits per heavy atom. The second-order valence-corrected chi connectivity index (χ2v) is 17.9. The van der Waals surface area contributed by atoms with Gasteiger partial charge in [0, 0.05) is 88.1 Å². The summed E-state index contributed by atoms with van der Waals surface area (Å²) in [4.78, 5) is 42.0. The Kier molecular flexibility index (Phi) is 9.46. The molecule has 0 fully saturated rings. The number of amides is 2. The van der Waals surface area contributed by atoms with E-state index in [-0.39, 0.29) is 11.8 Å². The van der Waals surface area contributed by atoms with Crippen molar-refractivity contribution in [1.29, 1.82) is 0 Å². The van der Waals surface area contributed by atoms with Gasteiger partial charge in [0.1, 0.15) is 38.7 Å². The van der Waals surface area contributed by atoms with Gasteiger partial charge >= 0.3 is 6.03 Å². The van der Waals surface area contributed by atoms with E-state index in [4.69, 9.17) is 51.4 Å². The van der Waals surface area contributed by atoms with Crippen LogP contribution in [0.5, 0.6) is 0 Å². The lowest BCUT2D eigenvalue weighted by Gasteiger charge is -2.10. The van der Waals surface area contributed by atoms with E-state index in [0.717, 1.165) is 16.7 Å². The fraction of sp³-hybridized carbons (Fsp3) is 0.0893. The van der Waals surface area contributed by atoms with Gasteiger partial charge in [-0.1, -0.05) is 41.7 Å². The van der Waals surface area contributed by atoms with Crippen molar-refractivity contribution in [2.75, 3.05) is 10.6 Å². The van der Waals surface area contributed by atoms with Gasteiger partial charge in [0.25, 0.3) is 0 Å². The van der Waals surface area contributed by atoms with Crippen LogP contribution in [0.3, 0.4) is 0 Å². The Hall–Kier alpha value is -9.85. The smallest absolute Gasteiger partial charge is 0.323 e. The molecule has 0 unspecified atom stereocenters. The van der Waals surface area contributed by atoms with Crippen molar-refractivity contribution < 1.29 is 36.4 Å². The van der Waals surface area contributed by atoms with Crippen LogP contribution in [0.1, 0.15) is 30.9 Å². The number of nitrogens with one attached hydrogen (secondary N) is 2. The molecule has 0 saturated carbocycles. The van der Waals surface area contributed by atoms with Crippen molar-refractivity contribution >= 4 is 84.0 Å². The molecule has 0 aliphatic heterocycles. The number of urea groups is 1. The summed E-state index contributed by atoms with van der Waals surface area (Å²) in [6.45, 7) is 7.02. The minimum Gasteiger partial charge on any atom is -0.441 e. The number of fused-ring (bicyclic) bond motifs is 6. The highest BCUT2D eigenvalue weighted by Gasteiger charge is 2.21. The van der Waals surface area contributed by atoms with Crippen molar-refractivity contribution in [3.63, 3.8) is 0 Å². The molecule has 0 saturated heterocycles. The predicted octanol–water partition coefficient (Wildman–Crippen LogP) is 13.3. The Balaban J connectivity index is 0.828. The van der Waals surface area contributed by atoms with Crippen LogP contribution in [0.2, 0.25) is 0 Å². The van der Waals surface area contributed by atoms with Crippen LogP contribution in [-0.2, 0) is 0 Å². The molecule has 6 aromatic heterocycles. The van der Waals surface area contributed by atoms with Gasteiger partial charge in [-0.3, -0.25) is 0 Å². The van der Waals surface area contributed by atoms with Gasteiger partial charge in [0.15, 0.2) is 39.4 Å². The van der Waals surface area contributed by atoms with E-state index in [1.54, 1.807) is 81.4 Å². The molecule has 0 aliphatic carbocycles. The lowest BCUT2D eigenvalue weighted by Crippen LogP contribution is -2.19. The topological polar surface area (TPSA) is 218 Å². The number of carbonyl (C=O) groups excluding carboxylic acids is 1. The zero-order valence-corrected chi connectivity index (χ0v) is 38.6. The van der Waals surface area contributed by atoms with Crippen LogP contribution >= 0.6 is 0 Å². The number of aliphatic hydroxyl groups is 1. The Morgan fingerprint density at radius 3 is 1.35 bits per heavy atom. The molecule has 0 atom stereocenters. The number of rotatable bonds is 7. The maximum atomic E-state index is 13.6. The average molecular weight is 949 g/mol. The molecule has 72 heavy (non-hydrogen) atoms. The molecule has 0 spiro atoms. The molecule has 7 aromatic carbocycles. The molecular formula is C56H36N8O8. The predicted molar refractivity (Wildman–Crippen MR) is 271 cm³/mol. The van der Waals surface area contributed by atoms with Crippen molar-refractivity contribution in [3.8, 4) is 69.1 Å². The first-order chi connectivity index (χ1) is 34.8. The highest BCUT2D eigenvalue weighted by atomic mass is 16.4. The second-order valence-electron chi connectivity index (χ2n) is 17.9. The van der Waals surface area contributed by atoms with Crippen molar-refractivity contribution in [1.82, 2.24) is 29.9 Å². The van der Waals surface area contributed by atoms with Gasteiger partial charge in [-0.25, -0.2) is 34.7 Å². The first-order valence-corrected chi connectivity index (χ1v) is 22.7. The fourth-order valence-electron chi connectivity index (χ4n) is 8.48. The second kappa shape index (κ2) is 16.1. The minimum atomic E-state index is -1.18. The van der Waals surface area contributed by atoms with E-state index in [2.05, 4.69) is 27.5 Å². The number of benzene rings is 7. The zero-order valence-electron chi connectivity index (χ0n) is 38.6. The summed E-state index contributed by atoms with van der Waals surface area (Å²) in [5.41, 5.74) is 11.6. The molecule has 2 amide bonds. The van der Waals surface area contributed by atoms with Crippen molar-refractivity contribution in [2.24, 2.45) is 0 Å². The lowest BCUT2D eigenvalue weighted by molar-refractivity contribution is 0.143. The molecular weight excluding hydrogens is 913 g/mol. The first-order valence-electron chi connectivity index (χ1n) is 22.7. The Morgan fingerprint density at radius 1 is 0.458 bits per heavy atom. The number of aromatic nitrogens is 6. The van der Waals surface area contributed by atoms with E-state index >= 15 is 0 Å². The Bertz CT molecular complexity index is 4260. The average Bonchev–Trinajstić information content (AvgIpc) is 4.23. The number of hydrogen-bond acceptors (Lipinski definition) is 14. The summed E-state index contributed by atoms with van der Waals surface area (Å²) >= 11 is 0. The van der Waals surface area contributed by atoms with Crippen molar-refractivity contribution in [3.05, 3.63) is 144 Å². The summed E-state index contributed by atoms with van der Waals surface area (Å²) in [5, 5.41) is 15.9. The third kappa shape index (κ3) is 8.00. The molecule has 16 nitrogen and oxygen atoms in total. The molecule has 348 valence electrons. The van der Waals surface area contributed by atoms with E-state index in [9.17, 15) is 9.90 Å². The van der Waals surface area contributed by atoms with Gasteiger partial charge < -0.3 is 42.2 Å². The SMILES string of the molecule is Cc1cccc(-c2nc3cc4oc(-c5cc(NC(=O)Nc6cccc(C#CC(C)(C)O)c6)cc(-c6nc7cc8oc(-c9cccc(-c%10nc%11cc%12oc(C)nc%12cc%11o%10)c9)nc8cc7o6)c5)nc4cc3o2)c1. The van der Waals surface area contributed by atoms with Crippen LogP contribution in [0.25, 0.3) is 124 Å². The maximum Gasteiger partial charge on any atom is 0.323 e. The van der Waals surface area contributed by atoms with Gasteiger partial charge in [0.05, 0.1) is 0 Å². The molecule has 3 N–H and O–H groups in total. The van der Waals surface area contributed by atoms with Crippen molar-refractivity contribution in [2.45, 2.75) is 33.3 Å². The number of aryl methyl sites for hydroxylation is 2. The van der Waals surface area contributed by atoms with E-state index in [1.165, 1.54) is 0 Å². The van der Waals surface area contributed by atoms with Gasteiger partial charge in [-0.15, -0.1) is 0 Å². The fourth-order valence-corrected chi connectivity index (χ4v) is 8.48. The third-order valence-electron chi connectivity index (χ3n) is 11.7. The number of anilines is 2. The van der Waals surface area contributed by atoms with Crippen LogP contribution in [0.4, 0.5) is 16.2 Å². The number of carbonyl (C=O) groups is 1. The van der Waals surface area contributed by atoms with Gasteiger partial charge in [-0.2, -0.15) is 0 Å². The largest absolute Gasteiger partial charge is 0.441 e. The standard InChI is InChI=1S/C56H36N8O8/c1-28-8-5-10-31(16-28)50-60-40-24-48-42(26-46(40)68-50)63-53(71-48)34-19-35(21-37(20-34)59-55(65)58-36-13-6-9-30(17-36)14-15-56(3,4)66)54-64-43-27-47-41(25-49(43)72-54)62-52(70-47)33-12-7-11-32(18-33)51-61-39-23-44-38(22-45(39)69-51)57-29(2)67-44/h5-13,16-27,66H,1-4H3,(H2,58,59,65). The summed E-state index contributed by atoms with van der Waals surface area (Å²) in [6, 6.07) is 38.1. The highest BCUT2D eigenvalue weighted by molar-refractivity contribution is 6.01. The normalized spacial score (nSPS) is 11.9. The monoisotopic (exact) mass is 948 g/mol. The van der Waals surface area contributed by atoms with Crippen LogP contribution in [0, 0.1) is 25.7 Å². The van der Waals surface area contributed by atoms with Gasteiger partial charge in [-0.05, 0) is 87.5 Å². The number of oxazole rings is 6. The molecule has 6 heterocycles. The lowest BCUT2D eigenvalue weighted by atomic mass is 10.1. The molecule has 16 heteroatoms. The van der Waals surface area contributed by atoms with E-state index in [0.29, 0.717) is 124 Å². The third-order valence-corrected chi connectivity index (χ3v) is 11.7. The summed E-state index contributed by atoms with van der Waals surface area (Å²) < 4.78 is 37.1. The van der Waals surface area contributed by atoms with E-state index < -0.39 is 11.6 Å². The van der Waals surface area contributed by atoms with Crippen LogP contribution in [0.15, 0.2) is 154 Å².